The average molecular weight is 262 g/mol. The molecule has 13 heavy (non-hydrogen) atoms. The van der Waals surface area contributed by atoms with Crippen LogP contribution >= 0.6 is 27.7 Å². The summed E-state index contributed by atoms with van der Waals surface area (Å²) in [5.74, 6) is 0.969. The number of pyridine rings is 1. The quantitative estimate of drug-likeness (QED) is 0.847. The van der Waals surface area contributed by atoms with E-state index in [2.05, 4.69) is 20.9 Å². The molecule has 0 aliphatic rings. The van der Waals surface area contributed by atoms with E-state index in [0.29, 0.717) is 0 Å². The van der Waals surface area contributed by atoms with Crippen molar-refractivity contribution in [2.24, 2.45) is 0 Å². The zero-order valence-corrected chi connectivity index (χ0v) is 9.81. The fraction of sp³-hybridized carbons (Fsp3) is 0.444. The van der Waals surface area contributed by atoms with E-state index in [-0.39, 0.29) is 6.10 Å². The first-order chi connectivity index (χ1) is 6.24. The molecular weight excluding hydrogens is 250 g/mol. The minimum Gasteiger partial charge on any atom is -0.388 e. The van der Waals surface area contributed by atoms with E-state index in [1.165, 1.54) is 0 Å². The number of aromatic nitrogens is 1. The molecule has 4 heteroatoms. The maximum atomic E-state index is 9.67. The minimum absolute atomic E-state index is 0.381. The van der Waals surface area contributed by atoms with Gasteiger partial charge in [0.15, 0.2) is 0 Å². The number of thioether (sulfide) groups is 1. The highest BCUT2D eigenvalue weighted by atomic mass is 79.9. The van der Waals surface area contributed by atoms with Crippen molar-refractivity contribution in [1.29, 1.82) is 0 Å². The summed E-state index contributed by atoms with van der Waals surface area (Å²) in [6.45, 7) is 0. The molecule has 72 valence electrons. The van der Waals surface area contributed by atoms with Gasteiger partial charge in [-0.1, -0.05) is 6.07 Å². The summed E-state index contributed by atoms with van der Waals surface area (Å²) in [6.07, 6.45) is 4.14. The fourth-order valence-electron chi connectivity index (χ4n) is 0.981. The molecule has 0 amide bonds. The Kier molecular flexibility index (Phi) is 4.77. The van der Waals surface area contributed by atoms with E-state index in [4.69, 9.17) is 0 Å². The van der Waals surface area contributed by atoms with Crippen LogP contribution in [0.4, 0.5) is 0 Å². The molecule has 1 heterocycles. The third-order valence-corrected chi connectivity index (χ3v) is 2.84. The van der Waals surface area contributed by atoms with Gasteiger partial charge in [-0.15, -0.1) is 0 Å². The van der Waals surface area contributed by atoms with Gasteiger partial charge in [0, 0.05) is 6.20 Å². The van der Waals surface area contributed by atoms with Crippen LogP contribution in [0.2, 0.25) is 0 Å². The SMILES string of the molecule is CSCCC(O)c1ccc(Br)nc1. The highest BCUT2D eigenvalue weighted by Gasteiger charge is 2.06. The number of aliphatic hydroxyl groups is 1. The highest BCUT2D eigenvalue weighted by Crippen LogP contribution is 2.18. The van der Waals surface area contributed by atoms with Crippen molar-refractivity contribution in [3.8, 4) is 0 Å². The Bertz CT molecular complexity index is 252. The number of aliphatic hydroxyl groups excluding tert-OH is 1. The molecule has 2 nitrogen and oxygen atoms in total. The summed E-state index contributed by atoms with van der Waals surface area (Å²) < 4.78 is 0.799. The van der Waals surface area contributed by atoms with Crippen LogP contribution in [0.1, 0.15) is 18.1 Å². The highest BCUT2D eigenvalue weighted by molar-refractivity contribution is 9.10. The maximum Gasteiger partial charge on any atom is 0.106 e. The van der Waals surface area contributed by atoms with Gasteiger partial charge in [-0.2, -0.15) is 11.8 Å². The Morgan fingerprint density at radius 1 is 1.62 bits per heavy atom. The van der Waals surface area contributed by atoms with Gasteiger partial charge < -0.3 is 5.11 Å². The molecule has 1 atom stereocenters. The molecule has 0 aliphatic heterocycles. The lowest BCUT2D eigenvalue weighted by Crippen LogP contribution is -1.99. The first-order valence-corrected chi connectivity index (χ1v) is 6.21. The predicted octanol–water partition coefficient (Wildman–Crippen LogP) is 2.63. The maximum absolute atomic E-state index is 9.67. The smallest absolute Gasteiger partial charge is 0.106 e. The van der Waals surface area contributed by atoms with Crippen molar-refractivity contribution in [3.05, 3.63) is 28.5 Å². The van der Waals surface area contributed by atoms with Gasteiger partial charge in [-0.3, -0.25) is 0 Å². The molecule has 1 N–H and O–H groups in total. The number of hydrogen-bond donors (Lipinski definition) is 1. The Balaban J connectivity index is 2.55. The Morgan fingerprint density at radius 2 is 2.38 bits per heavy atom. The summed E-state index contributed by atoms with van der Waals surface area (Å²) in [5, 5.41) is 9.67. The second-order valence-electron chi connectivity index (χ2n) is 2.71. The van der Waals surface area contributed by atoms with Crippen LogP contribution in [0.5, 0.6) is 0 Å². The van der Waals surface area contributed by atoms with Crippen molar-refractivity contribution in [3.63, 3.8) is 0 Å². The molecule has 1 unspecified atom stereocenters. The lowest BCUT2D eigenvalue weighted by atomic mass is 10.1. The van der Waals surface area contributed by atoms with Crippen LogP contribution in [-0.4, -0.2) is 22.1 Å². The van der Waals surface area contributed by atoms with Crippen molar-refractivity contribution in [2.45, 2.75) is 12.5 Å². The first kappa shape index (κ1) is 11.0. The third-order valence-electron chi connectivity index (χ3n) is 1.73. The third kappa shape index (κ3) is 3.67. The standard InChI is InChI=1S/C9H12BrNOS/c1-13-5-4-8(12)7-2-3-9(10)11-6-7/h2-3,6,8,12H,4-5H2,1H3. The van der Waals surface area contributed by atoms with Crippen LogP contribution in [0, 0.1) is 0 Å². The number of halogens is 1. The normalized spacial score (nSPS) is 12.8. The number of nitrogens with zero attached hydrogens (tertiary/aromatic N) is 1. The van der Waals surface area contributed by atoms with E-state index < -0.39 is 0 Å². The van der Waals surface area contributed by atoms with E-state index in [0.717, 1.165) is 22.3 Å². The Morgan fingerprint density at radius 3 is 2.92 bits per heavy atom. The van der Waals surface area contributed by atoms with Crippen molar-refractivity contribution >= 4 is 27.7 Å². The zero-order valence-electron chi connectivity index (χ0n) is 7.40. The summed E-state index contributed by atoms with van der Waals surface area (Å²) in [6, 6.07) is 3.74. The predicted molar refractivity (Wildman–Crippen MR) is 59.9 cm³/mol. The lowest BCUT2D eigenvalue weighted by Gasteiger charge is -2.08. The van der Waals surface area contributed by atoms with E-state index >= 15 is 0 Å². The van der Waals surface area contributed by atoms with Crippen molar-refractivity contribution in [2.75, 3.05) is 12.0 Å². The summed E-state index contributed by atoms with van der Waals surface area (Å²) >= 11 is 4.99. The second kappa shape index (κ2) is 5.62. The average Bonchev–Trinajstić information content (AvgIpc) is 2.15. The number of rotatable bonds is 4. The van der Waals surface area contributed by atoms with Crippen LogP contribution in [-0.2, 0) is 0 Å². The summed E-state index contributed by atoms with van der Waals surface area (Å²) in [5.41, 5.74) is 0.886. The molecule has 0 spiro atoms. The first-order valence-electron chi connectivity index (χ1n) is 4.02. The molecule has 0 saturated carbocycles. The van der Waals surface area contributed by atoms with Gasteiger partial charge in [-0.25, -0.2) is 4.98 Å². The van der Waals surface area contributed by atoms with Crippen LogP contribution in [0.25, 0.3) is 0 Å². The molecule has 1 aromatic rings. The topological polar surface area (TPSA) is 33.1 Å². The lowest BCUT2D eigenvalue weighted by molar-refractivity contribution is 0.174. The molecular formula is C9H12BrNOS. The largest absolute Gasteiger partial charge is 0.388 e. The van der Waals surface area contributed by atoms with Gasteiger partial charge in [0.25, 0.3) is 0 Å². The molecule has 0 radical (unpaired) electrons. The molecule has 0 aliphatic carbocycles. The van der Waals surface area contributed by atoms with Crippen molar-refractivity contribution in [1.82, 2.24) is 4.98 Å². The monoisotopic (exact) mass is 261 g/mol. The van der Waals surface area contributed by atoms with Crippen molar-refractivity contribution < 1.29 is 5.11 Å². The van der Waals surface area contributed by atoms with Crippen LogP contribution in [0.3, 0.4) is 0 Å². The van der Waals surface area contributed by atoms with Crippen LogP contribution < -0.4 is 0 Å². The van der Waals surface area contributed by atoms with E-state index in [1.54, 1.807) is 18.0 Å². The molecule has 0 saturated heterocycles. The zero-order chi connectivity index (χ0) is 9.68. The van der Waals surface area contributed by atoms with Gasteiger partial charge >= 0.3 is 0 Å². The molecule has 0 fully saturated rings. The second-order valence-corrected chi connectivity index (χ2v) is 4.51. The fourth-order valence-corrected chi connectivity index (χ4v) is 1.67. The van der Waals surface area contributed by atoms with Gasteiger partial charge in [0.05, 0.1) is 6.10 Å². The molecule has 1 aromatic heterocycles. The Hall–Kier alpha value is -0.0600. The molecule has 0 aromatic carbocycles. The molecule has 1 rings (SSSR count). The minimum atomic E-state index is -0.381. The van der Waals surface area contributed by atoms with Gasteiger partial charge in [-0.05, 0) is 46.0 Å². The van der Waals surface area contributed by atoms with Gasteiger partial charge in [0.2, 0.25) is 0 Å². The van der Waals surface area contributed by atoms with E-state index in [9.17, 15) is 5.11 Å². The summed E-state index contributed by atoms with van der Waals surface area (Å²) in [4.78, 5) is 4.06. The summed E-state index contributed by atoms with van der Waals surface area (Å²) in [7, 11) is 0. The molecule has 0 bridgehead atoms. The number of hydrogen-bond acceptors (Lipinski definition) is 3. The van der Waals surface area contributed by atoms with Gasteiger partial charge in [0.1, 0.15) is 4.60 Å². The van der Waals surface area contributed by atoms with E-state index in [1.807, 2.05) is 18.4 Å². The van der Waals surface area contributed by atoms with Crippen LogP contribution in [0.15, 0.2) is 22.9 Å². The Labute approximate surface area is 90.9 Å².